The zero-order valence-electron chi connectivity index (χ0n) is 10.9. The second kappa shape index (κ2) is 6.06. The number of nitrogens with two attached hydrogens (primary N) is 1. The van der Waals surface area contributed by atoms with Crippen LogP contribution in [0.5, 0.6) is 5.75 Å². The molecule has 2 aromatic carbocycles. The van der Waals surface area contributed by atoms with E-state index in [0.717, 1.165) is 15.7 Å². The van der Waals surface area contributed by atoms with Crippen molar-refractivity contribution in [2.45, 2.75) is 4.90 Å². The summed E-state index contributed by atoms with van der Waals surface area (Å²) in [6, 6.07) is 8.87. The molecule has 0 bridgehead atoms. The van der Waals surface area contributed by atoms with E-state index in [4.69, 9.17) is 10.5 Å². The Bertz CT molecular complexity index is 758. The van der Waals surface area contributed by atoms with Crippen molar-refractivity contribution in [2.24, 2.45) is 0 Å². The number of ether oxygens (including phenoxy) is 1. The molecule has 2 rings (SSSR count). The molecule has 5 nitrogen and oxygen atoms in total. The Labute approximate surface area is 135 Å². The van der Waals surface area contributed by atoms with Crippen molar-refractivity contribution in [1.29, 1.82) is 0 Å². The fourth-order valence-corrected chi connectivity index (χ4v) is 3.54. The summed E-state index contributed by atoms with van der Waals surface area (Å²) in [5.74, 6) is -1.01. The van der Waals surface area contributed by atoms with Crippen LogP contribution in [0.25, 0.3) is 0 Å². The highest BCUT2D eigenvalue weighted by Crippen LogP contribution is 2.30. The summed E-state index contributed by atoms with van der Waals surface area (Å²) < 4.78 is 46.2. The summed E-state index contributed by atoms with van der Waals surface area (Å²) in [6.45, 7) is 0. The van der Waals surface area contributed by atoms with Gasteiger partial charge >= 0.3 is 0 Å². The van der Waals surface area contributed by atoms with E-state index in [1.54, 1.807) is 24.3 Å². The zero-order valence-corrected chi connectivity index (χ0v) is 13.9. The summed E-state index contributed by atoms with van der Waals surface area (Å²) in [5, 5.41) is 0. The van der Waals surface area contributed by atoms with Gasteiger partial charge in [0.1, 0.15) is 0 Å². The highest BCUT2D eigenvalue weighted by atomic mass is 127. The molecule has 0 atom stereocenters. The van der Waals surface area contributed by atoms with Gasteiger partial charge in [-0.2, -0.15) is 0 Å². The number of hydrogen-bond donors (Lipinski definition) is 2. The number of halogens is 2. The number of benzene rings is 2. The van der Waals surface area contributed by atoms with Crippen molar-refractivity contribution in [2.75, 3.05) is 17.6 Å². The van der Waals surface area contributed by atoms with E-state index in [9.17, 15) is 12.8 Å². The van der Waals surface area contributed by atoms with Gasteiger partial charge in [-0.25, -0.2) is 12.8 Å². The smallest absolute Gasteiger partial charge is 0.262 e. The molecule has 8 heteroatoms. The molecule has 0 radical (unpaired) electrons. The first-order valence-corrected chi connectivity index (χ1v) is 8.31. The van der Waals surface area contributed by atoms with Crippen molar-refractivity contribution in [3.8, 4) is 5.75 Å². The van der Waals surface area contributed by atoms with E-state index in [-0.39, 0.29) is 16.3 Å². The average Bonchev–Trinajstić information content (AvgIpc) is 2.41. The minimum atomic E-state index is -3.94. The molecule has 0 aliphatic rings. The standard InChI is InChI=1S/C13H12FIN2O3S/c1-20-13-9(14)6-8(7-11(13)16)21(18,19)17-12-5-3-2-4-10(12)15/h2-7,17H,16H2,1H3. The van der Waals surface area contributed by atoms with Gasteiger partial charge in [0.25, 0.3) is 10.0 Å². The molecule has 0 fully saturated rings. The first-order chi connectivity index (χ1) is 9.85. The van der Waals surface area contributed by atoms with Crippen LogP contribution < -0.4 is 15.2 Å². The Morgan fingerprint density at radius 1 is 1.29 bits per heavy atom. The summed E-state index contributed by atoms with van der Waals surface area (Å²) in [5.41, 5.74) is 5.92. The molecule has 2 aromatic rings. The van der Waals surface area contributed by atoms with E-state index in [2.05, 4.69) is 4.72 Å². The van der Waals surface area contributed by atoms with Crippen LogP contribution in [0.3, 0.4) is 0 Å². The molecule has 0 heterocycles. The molecular weight excluding hydrogens is 410 g/mol. The lowest BCUT2D eigenvalue weighted by molar-refractivity contribution is 0.388. The summed E-state index contributed by atoms with van der Waals surface area (Å²) >= 11 is 2.00. The minimum Gasteiger partial charge on any atom is -0.492 e. The first-order valence-electron chi connectivity index (χ1n) is 5.75. The van der Waals surface area contributed by atoms with Gasteiger partial charge in [0.2, 0.25) is 0 Å². The maximum atomic E-state index is 13.8. The van der Waals surface area contributed by atoms with Gasteiger partial charge in [-0.05, 0) is 46.9 Å². The van der Waals surface area contributed by atoms with Gasteiger partial charge < -0.3 is 10.5 Å². The van der Waals surface area contributed by atoms with Crippen LogP contribution in [-0.2, 0) is 10.0 Å². The number of nitrogen functional groups attached to an aromatic ring is 1. The van der Waals surface area contributed by atoms with Crippen molar-refractivity contribution in [1.82, 2.24) is 0 Å². The fourth-order valence-electron chi connectivity index (χ4n) is 1.71. The quantitative estimate of drug-likeness (QED) is 0.587. The number of nitrogens with one attached hydrogen (secondary N) is 1. The molecular formula is C13H12FIN2O3S. The zero-order chi connectivity index (χ0) is 15.6. The average molecular weight is 422 g/mol. The van der Waals surface area contributed by atoms with Crippen LogP contribution in [-0.4, -0.2) is 15.5 Å². The van der Waals surface area contributed by atoms with Crippen molar-refractivity contribution in [3.05, 3.63) is 45.8 Å². The van der Waals surface area contributed by atoms with Gasteiger partial charge in [0.05, 0.1) is 23.4 Å². The number of rotatable bonds is 4. The maximum absolute atomic E-state index is 13.8. The molecule has 0 aliphatic heterocycles. The van der Waals surface area contributed by atoms with Crippen molar-refractivity contribution >= 4 is 44.0 Å². The van der Waals surface area contributed by atoms with E-state index in [0.29, 0.717) is 5.69 Å². The number of hydrogen-bond acceptors (Lipinski definition) is 4. The Hall–Kier alpha value is -1.55. The van der Waals surface area contributed by atoms with E-state index >= 15 is 0 Å². The van der Waals surface area contributed by atoms with Gasteiger partial charge in [0, 0.05) is 3.57 Å². The fraction of sp³-hybridized carbons (Fsp3) is 0.0769. The third-order valence-electron chi connectivity index (χ3n) is 2.68. The van der Waals surface area contributed by atoms with Crippen LogP contribution in [0.1, 0.15) is 0 Å². The van der Waals surface area contributed by atoms with E-state index < -0.39 is 15.8 Å². The van der Waals surface area contributed by atoms with Gasteiger partial charge in [-0.15, -0.1) is 0 Å². The van der Waals surface area contributed by atoms with E-state index in [1.807, 2.05) is 22.6 Å². The molecule has 0 saturated carbocycles. The second-order valence-electron chi connectivity index (χ2n) is 4.11. The molecule has 21 heavy (non-hydrogen) atoms. The van der Waals surface area contributed by atoms with Crippen molar-refractivity contribution in [3.63, 3.8) is 0 Å². The SMILES string of the molecule is COc1c(N)cc(S(=O)(=O)Nc2ccccc2I)cc1F. The highest BCUT2D eigenvalue weighted by Gasteiger charge is 2.20. The lowest BCUT2D eigenvalue weighted by atomic mass is 10.3. The predicted molar refractivity (Wildman–Crippen MR) is 87.3 cm³/mol. The summed E-state index contributed by atoms with van der Waals surface area (Å²) in [4.78, 5) is -0.266. The number of para-hydroxylation sites is 1. The van der Waals surface area contributed by atoms with Gasteiger partial charge in [-0.3, -0.25) is 4.72 Å². The monoisotopic (exact) mass is 422 g/mol. The molecule has 0 unspecified atom stereocenters. The topological polar surface area (TPSA) is 81.4 Å². The van der Waals surface area contributed by atoms with Crippen LogP contribution in [0.2, 0.25) is 0 Å². The lowest BCUT2D eigenvalue weighted by Gasteiger charge is -2.12. The third kappa shape index (κ3) is 3.38. The van der Waals surface area contributed by atoms with Crippen LogP contribution in [0, 0.1) is 9.39 Å². The number of sulfonamides is 1. The Balaban J connectivity index is 2.43. The molecule has 0 amide bonds. The molecule has 0 aromatic heterocycles. The highest BCUT2D eigenvalue weighted by molar-refractivity contribution is 14.1. The minimum absolute atomic E-state index is 0.0827. The predicted octanol–water partition coefficient (Wildman–Crippen LogP) is 2.82. The summed E-state index contributed by atoms with van der Waals surface area (Å²) in [7, 11) is -2.68. The van der Waals surface area contributed by atoms with Gasteiger partial charge in [-0.1, -0.05) is 12.1 Å². The largest absolute Gasteiger partial charge is 0.492 e. The van der Waals surface area contributed by atoms with Crippen LogP contribution in [0.4, 0.5) is 15.8 Å². The Kier molecular flexibility index (Phi) is 4.57. The maximum Gasteiger partial charge on any atom is 0.262 e. The van der Waals surface area contributed by atoms with Gasteiger partial charge in [0.15, 0.2) is 11.6 Å². The molecule has 112 valence electrons. The third-order valence-corrected chi connectivity index (χ3v) is 4.96. The molecule has 0 spiro atoms. The Morgan fingerprint density at radius 2 is 1.95 bits per heavy atom. The summed E-state index contributed by atoms with van der Waals surface area (Å²) in [6.07, 6.45) is 0. The van der Waals surface area contributed by atoms with Crippen LogP contribution in [0.15, 0.2) is 41.3 Å². The van der Waals surface area contributed by atoms with Crippen molar-refractivity contribution < 1.29 is 17.5 Å². The number of methoxy groups -OCH3 is 1. The number of anilines is 2. The van der Waals surface area contributed by atoms with E-state index in [1.165, 1.54) is 7.11 Å². The molecule has 0 aliphatic carbocycles. The molecule has 0 saturated heterocycles. The molecule has 3 N–H and O–H groups in total. The Morgan fingerprint density at radius 3 is 2.52 bits per heavy atom. The lowest BCUT2D eigenvalue weighted by Crippen LogP contribution is -2.14. The van der Waals surface area contributed by atoms with Crippen LogP contribution >= 0.6 is 22.6 Å². The second-order valence-corrected chi connectivity index (χ2v) is 6.96. The normalized spacial score (nSPS) is 11.2. The first kappa shape index (κ1) is 15.8.